The van der Waals surface area contributed by atoms with Crippen molar-refractivity contribution in [1.82, 2.24) is 5.32 Å². The quantitative estimate of drug-likeness (QED) is 0.808. The molecule has 1 saturated carbocycles. The number of nitrogens with one attached hydrogen (secondary N) is 1. The Morgan fingerprint density at radius 2 is 2.12 bits per heavy atom. The van der Waals surface area contributed by atoms with Gasteiger partial charge in [0.2, 0.25) is 5.91 Å². The fraction of sp³-hybridized carbons (Fsp3) is 0.917. The number of carbonyl (C=O) groups excluding carboxylic acids is 1. The van der Waals surface area contributed by atoms with Gasteiger partial charge in [0, 0.05) is 18.1 Å². The van der Waals surface area contributed by atoms with Gasteiger partial charge in [-0.1, -0.05) is 29.8 Å². The summed E-state index contributed by atoms with van der Waals surface area (Å²) in [6.45, 7) is 10.7. The first-order valence-electron chi connectivity index (χ1n) is 5.81. The molecule has 1 rings (SSSR count). The molecule has 94 valence electrons. The van der Waals surface area contributed by atoms with Gasteiger partial charge in [-0.05, 0) is 27.2 Å². The molecule has 1 amide bonds. The van der Waals surface area contributed by atoms with Gasteiger partial charge >= 0.3 is 0 Å². The third-order valence-corrected chi connectivity index (χ3v) is 3.75. The highest BCUT2D eigenvalue weighted by Crippen LogP contribution is 2.43. The summed E-state index contributed by atoms with van der Waals surface area (Å²) in [4.78, 5) is 11.8. The predicted molar refractivity (Wildman–Crippen MR) is 68.7 cm³/mol. The molecule has 1 fully saturated rings. The van der Waals surface area contributed by atoms with Crippen LogP contribution in [0, 0.1) is 5.41 Å². The molecule has 0 aromatic heterocycles. The van der Waals surface area contributed by atoms with Crippen molar-refractivity contribution in [3.05, 3.63) is 0 Å². The Balaban J connectivity index is 2.51. The Morgan fingerprint density at radius 3 is 2.50 bits per heavy atom. The van der Waals surface area contributed by atoms with E-state index in [0.29, 0.717) is 0 Å². The van der Waals surface area contributed by atoms with Gasteiger partial charge in [-0.2, -0.15) is 0 Å². The van der Waals surface area contributed by atoms with Gasteiger partial charge < -0.3 is 10.1 Å². The molecule has 4 heteroatoms. The topological polar surface area (TPSA) is 38.3 Å². The van der Waals surface area contributed by atoms with Crippen LogP contribution in [-0.4, -0.2) is 29.0 Å². The van der Waals surface area contributed by atoms with Gasteiger partial charge in [0.15, 0.2) is 0 Å². The number of rotatable bonds is 4. The Hall–Kier alpha value is -0.0900. The lowest BCUT2D eigenvalue weighted by molar-refractivity contribution is -0.137. The van der Waals surface area contributed by atoms with Crippen LogP contribution in [-0.2, 0) is 9.53 Å². The van der Waals surface area contributed by atoms with Gasteiger partial charge in [0.05, 0.1) is 10.4 Å². The first kappa shape index (κ1) is 14.0. The number of halogens is 1. The summed E-state index contributed by atoms with van der Waals surface area (Å²) in [5, 5.41) is 3.07. The third kappa shape index (κ3) is 2.77. The minimum Gasteiger partial charge on any atom is -0.378 e. The zero-order valence-corrected chi connectivity index (χ0v) is 12.3. The highest BCUT2D eigenvalue weighted by Gasteiger charge is 2.50. The van der Waals surface area contributed by atoms with Gasteiger partial charge in [0.25, 0.3) is 0 Å². The van der Waals surface area contributed by atoms with E-state index in [4.69, 9.17) is 4.74 Å². The van der Waals surface area contributed by atoms with Crippen molar-refractivity contribution in [1.29, 1.82) is 0 Å². The molecule has 0 radical (unpaired) electrons. The normalized spacial score (nSPS) is 28.4. The summed E-state index contributed by atoms with van der Waals surface area (Å²) in [5.74, 6) is 0.0422. The molecule has 2 atom stereocenters. The number of hydrogen-bond donors (Lipinski definition) is 1. The number of ether oxygens (including phenoxy) is 1. The second kappa shape index (κ2) is 4.65. The largest absolute Gasteiger partial charge is 0.378 e. The van der Waals surface area contributed by atoms with Crippen molar-refractivity contribution in [2.75, 3.05) is 6.61 Å². The van der Waals surface area contributed by atoms with Crippen molar-refractivity contribution in [3.8, 4) is 0 Å². The monoisotopic (exact) mass is 291 g/mol. The summed E-state index contributed by atoms with van der Waals surface area (Å²) >= 11 is 3.37. The van der Waals surface area contributed by atoms with Crippen molar-refractivity contribution >= 4 is 21.8 Å². The van der Waals surface area contributed by atoms with E-state index in [0.717, 1.165) is 13.0 Å². The summed E-state index contributed by atoms with van der Waals surface area (Å²) < 4.78 is 5.13. The highest BCUT2D eigenvalue weighted by molar-refractivity contribution is 9.10. The average Bonchev–Trinajstić information content (AvgIpc) is 2.14. The molecule has 0 saturated heterocycles. The second-order valence-corrected chi connectivity index (χ2v) is 7.48. The Bertz CT molecular complexity index is 271. The first-order valence-corrected chi connectivity index (χ1v) is 6.60. The van der Waals surface area contributed by atoms with Crippen LogP contribution >= 0.6 is 15.9 Å². The van der Waals surface area contributed by atoms with Crippen LogP contribution in [0.3, 0.4) is 0 Å². The van der Waals surface area contributed by atoms with Crippen molar-refractivity contribution in [2.24, 2.45) is 5.41 Å². The minimum absolute atomic E-state index is 0.0317. The second-order valence-electron chi connectivity index (χ2n) is 5.50. The first-order chi connectivity index (χ1) is 7.19. The zero-order valence-electron chi connectivity index (χ0n) is 10.8. The smallest absolute Gasteiger partial charge is 0.236 e. The molecule has 16 heavy (non-hydrogen) atoms. The molecule has 1 aliphatic carbocycles. The van der Waals surface area contributed by atoms with Crippen LogP contribution in [0.5, 0.6) is 0 Å². The van der Waals surface area contributed by atoms with Crippen molar-refractivity contribution < 1.29 is 9.53 Å². The van der Waals surface area contributed by atoms with E-state index < -0.39 is 4.32 Å². The summed E-state index contributed by atoms with van der Waals surface area (Å²) in [5.41, 5.74) is 0.0317. The van der Waals surface area contributed by atoms with E-state index in [1.807, 2.05) is 20.8 Å². The molecule has 1 aliphatic rings. The molecule has 1 N–H and O–H groups in total. The molecule has 0 heterocycles. The molecule has 3 nitrogen and oxygen atoms in total. The molecular weight excluding hydrogens is 270 g/mol. The summed E-state index contributed by atoms with van der Waals surface area (Å²) in [7, 11) is 0. The van der Waals surface area contributed by atoms with E-state index in [2.05, 4.69) is 35.1 Å². The molecule has 0 aliphatic heterocycles. The Morgan fingerprint density at radius 1 is 1.56 bits per heavy atom. The number of hydrogen-bond acceptors (Lipinski definition) is 2. The predicted octanol–water partition coefficient (Wildman–Crippen LogP) is 2.48. The molecular formula is C12H22BrNO2. The van der Waals surface area contributed by atoms with Crippen LogP contribution in [0.1, 0.15) is 41.0 Å². The number of carbonyl (C=O) groups is 1. The number of amides is 1. The molecule has 0 aromatic carbocycles. The van der Waals surface area contributed by atoms with E-state index in [1.54, 1.807) is 0 Å². The zero-order chi connectivity index (χ0) is 12.6. The van der Waals surface area contributed by atoms with E-state index >= 15 is 0 Å². The SMILES string of the molecule is CCOC1CC(NC(=O)C(C)(C)Br)C1(C)C. The maximum Gasteiger partial charge on any atom is 0.236 e. The fourth-order valence-electron chi connectivity index (χ4n) is 1.94. The van der Waals surface area contributed by atoms with Gasteiger partial charge in [-0.15, -0.1) is 0 Å². The van der Waals surface area contributed by atoms with Gasteiger partial charge in [-0.3, -0.25) is 4.79 Å². The maximum atomic E-state index is 11.8. The molecule has 0 aromatic rings. The van der Waals surface area contributed by atoms with Crippen LogP contribution in [0.2, 0.25) is 0 Å². The van der Waals surface area contributed by atoms with E-state index in [-0.39, 0.29) is 23.5 Å². The molecule has 0 bridgehead atoms. The molecule has 0 spiro atoms. The van der Waals surface area contributed by atoms with Crippen molar-refractivity contribution in [3.63, 3.8) is 0 Å². The Kier molecular flexibility index (Phi) is 4.06. The van der Waals surface area contributed by atoms with Crippen LogP contribution in [0.15, 0.2) is 0 Å². The standard InChI is InChI=1S/C12H22BrNO2/c1-6-16-9-7-8(11(9,2)3)14-10(15)12(4,5)13/h8-9H,6-7H2,1-5H3,(H,14,15). The van der Waals surface area contributed by atoms with Crippen LogP contribution < -0.4 is 5.32 Å². The average molecular weight is 292 g/mol. The van der Waals surface area contributed by atoms with Crippen LogP contribution in [0.4, 0.5) is 0 Å². The lowest BCUT2D eigenvalue weighted by atomic mass is 9.64. The highest BCUT2D eigenvalue weighted by atomic mass is 79.9. The van der Waals surface area contributed by atoms with Gasteiger partial charge in [0.1, 0.15) is 0 Å². The Labute approximate surface area is 106 Å². The van der Waals surface area contributed by atoms with Gasteiger partial charge in [-0.25, -0.2) is 0 Å². The van der Waals surface area contributed by atoms with Crippen molar-refractivity contribution in [2.45, 2.75) is 57.5 Å². The van der Waals surface area contributed by atoms with E-state index in [9.17, 15) is 4.79 Å². The molecule has 2 unspecified atom stereocenters. The minimum atomic E-state index is -0.500. The fourth-order valence-corrected chi connectivity index (χ4v) is 2.06. The maximum absolute atomic E-state index is 11.8. The van der Waals surface area contributed by atoms with E-state index in [1.165, 1.54) is 0 Å². The number of alkyl halides is 1. The lowest BCUT2D eigenvalue weighted by Crippen LogP contribution is -2.63. The lowest BCUT2D eigenvalue weighted by Gasteiger charge is -2.52. The summed E-state index contributed by atoms with van der Waals surface area (Å²) in [6.07, 6.45) is 1.18. The summed E-state index contributed by atoms with van der Waals surface area (Å²) in [6, 6.07) is 0.216. The van der Waals surface area contributed by atoms with Crippen LogP contribution in [0.25, 0.3) is 0 Å². The third-order valence-electron chi connectivity index (χ3n) is 3.39.